The van der Waals surface area contributed by atoms with E-state index in [4.69, 9.17) is 4.42 Å². The summed E-state index contributed by atoms with van der Waals surface area (Å²) in [6.07, 6.45) is 3.01. The lowest BCUT2D eigenvalue weighted by Gasteiger charge is -2.10. The highest BCUT2D eigenvalue weighted by molar-refractivity contribution is 8.14. The lowest BCUT2D eigenvalue weighted by Crippen LogP contribution is -2.44. The minimum atomic E-state index is -0.735. The predicted molar refractivity (Wildman–Crippen MR) is 82.5 cm³/mol. The van der Waals surface area contributed by atoms with Gasteiger partial charge in [0, 0.05) is 11.9 Å². The molecule has 2 aromatic heterocycles. The van der Waals surface area contributed by atoms with Crippen LogP contribution in [0.25, 0.3) is 0 Å². The van der Waals surface area contributed by atoms with Gasteiger partial charge in [-0.2, -0.15) is 0 Å². The maximum absolute atomic E-state index is 12.4. The molecule has 0 aliphatic carbocycles. The number of hydrogen-bond acceptors (Lipinski definition) is 6. The normalized spacial score (nSPS) is 17.4. The molecule has 1 unspecified atom stereocenters. The molecule has 1 fully saturated rings. The van der Waals surface area contributed by atoms with Crippen LogP contribution < -0.4 is 16.6 Å². The second-order valence-electron chi connectivity index (χ2n) is 4.96. The van der Waals surface area contributed by atoms with E-state index in [-0.39, 0.29) is 17.2 Å². The zero-order chi connectivity index (χ0) is 16.4. The summed E-state index contributed by atoms with van der Waals surface area (Å²) in [5.41, 5.74) is -1.60. The highest BCUT2D eigenvalue weighted by Crippen LogP contribution is 2.19. The molecule has 3 heterocycles. The van der Waals surface area contributed by atoms with Gasteiger partial charge in [-0.15, -0.1) is 0 Å². The van der Waals surface area contributed by atoms with Crippen molar-refractivity contribution in [2.24, 2.45) is 0 Å². The molecule has 2 N–H and O–H groups in total. The lowest BCUT2D eigenvalue weighted by molar-refractivity contribution is -0.112. The number of nitrogens with one attached hydrogen (secondary N) is 2. The third-order valence-electron chi connectivity index (χ3n) is 3.44. The van der Waals surface area contributed by atoms with E-state index in [1.807, 2.05) is 0 Å². The third-order valence-corrected chi connectivity index (χ3v) is 4.45. The first-order chi connectivity index (χ1) is 11.1. The van der Waals surface area contributed by atoms with Gasteiger partial charge in [0.1, 0.15) is 11.3 Å². The molecule has 1 atom stereocenters. The number of nitrogens with zero attached hydrogens (tertiary/aromatic N) is 1. The molecule has 8 nitrogen and oxygen atoms in total. The molecule has 0 bridgehead atoms. The highest BCUT2D eigenvalue weighted by atomic mass is 32.2. The second-order valence-corrected chi connectivity index (χ2v) is 6.06. The van der Waals surface area contributed by atoms with Gasteiger partial charge < -0.3 is 14.7 Å². The van der Waals surface area contributed by atoms with Crippen LogP contribution in [0.1, 0.15) is 22.5 Å². The summed E-state index contributed by atoms with van der Waals surface area (Å²) in [7, 11) is 0. The molecule has 0 spiro atoms. The Morgan fingerprint density at radius 1 is 1.43 bits per heavy atom. The van der Waals surface area contributed by atoms with Crippen LogP contribution in [0.5, 0.6) is 0 Å². The summed E-state index contributed by atoms with van der Waals surface area (Å²) in [6, 6.07) is 2.65. The van der Waals surface area contributed by atoms with Crippen molar-refractivity contribution in [2.45, 2.75) is 19.0 Å². The van der Waals surface area contributed by atoms with Crippen LogP contribution in [0.2, 0.25) is 0 Å². The number of aromatic nitrogens is 2. The van der Waals surface area contributed by atoms with E-state index in [0.29, 0.717) is 17.9 Å². The first-order valence-electron chi connectivity index (χ1n) is 6.88. The number of thioether (sulfide) groups is 1. The van der Waals surface area contributed by atoms with Crippen molar-refractivity contribution in [3.05, 3.63) is 56.8 Å². The van der Waals surface area contributed by atoms with Crippen molar-refractivity contribution >= 4 is 22.8 Å². The van der Waals surface area contributed by atoms with Crippen LogP contribution in [0.15, 0.2) is 38.6 Å². The van der Waals surface area contributed by atoms with E-state index in [0.717, 1.165) is 22.5 Å². The predicted octanol–water partition coefficient (Wildman–Crippen LogP) is -0.0602. The van der Waals surface area contributed by atoms with Crippen molar-refractivity contribution in [1.82, 2.24) is 14.9 Å². The van der Waals surface area contributed by atoms with Gasteiger partial charge >= 0.3 is 5.69 Å². The summed E-state index contributed by atoms with van der Waals surface area (Å²) >= 11 is 1.15. The molecule has 120 valence electrons. The van der Waals surface area contributed by atoms with Crippen molar-refractivity contribution in [3.8, 4) is 0 Å². The Morgan fingerprint density at radius 3 is 2.91 bits per heavy atom. The Hall–Kier alpha value is -2.55. The van der Waals surface area contributed by atoms with Crippen LogP contribution in [-0.2, 0) is 11.3 Å². The van der Waals surface area contributed by atoms with Crippen LogP contribution in [0.4, 0.5) is 0 Å². The van der Waals surface area contributed by atoms with Crippen LogP contribution in [-0.4, -0.2) is 32.4 Å². The summed E-state index contributed by atoms with van der Waals surface area (Å²) in [4.78, 5) is 50.3. The number of carbonyl (C=O) groups excluding carboxylic acids is 2. The first-order valence-corrected chi connectivity index (χ1v) is 7.87. The Bertz CT molecular complexity index is 852. The fourth-order valence-corrected chi connectivity index (χ4v) is 3.17. The summed E-state index contributed by atoms with van der Waals surface area (Å²) in [5.74, 6) is 0.371. The standard InChI is InChI=1S/C14H13N3O5S/c18-11(16-10-3-5-23-13(10)20)9-6-15-14(21)17(12(9)19)7-8-2-1-4-22-8/h1-2,4,6,10H,3,5,7H2,(H,15,21)(H,16,18). The third kappa shape index (κ3) is 3.14. The van der Waals surface area contributed by atoms with Crippen molar-refractivity contribution in [3.63, 3.8) is 0 Å². The minimum Gasteiger partial charge on any atom is -0.467 e. The van der Waals surface area contributed by atoms with Crippen LogP contribution >= 0.6 is 11.8 Å². The smallest absolute Gasteiger partial charge is 0.328 e. The van der Waals surface area contributed by atoms with Crippen molar-refractivity contribution < 1.29 is 14.0 Å². The summed E-state index contributed by atoms with van der Waals surface area (Å²) in [5, 5.41) is 2.40. The van der Waals surface area contributed by atoms with Gasteiger partial charge in [0.15, 0.2) is 0 Å². The van der Waals surface area contributed by atoms with Gasteiger partial charge in [0.2, 0.25) is 5.12 Å². The monoisotopic (exact) mass is 335 g/mol. The second kappa shape index (κ2) is 6.29. The molecule has 1 aliphatic heterocycles. The van der Waals surface area contributed by atoms with Gasteiger partial charge in [-0.25, -0.2) is 4.79 Å². The van der Waals surface area contributed by atoms with E-state index in [1.165, 1.54) is 6.26 Å². The molecule has 1 amide bonds. The SMILES string of the molecule is O=C(NC1CCSC1=O)c1c[nH]c(=O)n(Cc2ccco2)c1=O. The topological polar surface area (TPSA) is 114 Å². The maximum Gasteiger partial charge on any atom is 0.328 e. The number of carbonyl (C=O) groups is 2. The quantitative estimate of drug-likeness (QED) is 0.809. The van der Waals surface area contributed by atoms with Crippen LogP contribution in [0.3, 0.4) is 0 Å². The molecule has 0 aromatic carbocycles. The Morgan fingerprint density at radius 2 is 2.26 bits per heavy atom. The molecule has 1 saturated heterocycles. The van der Waals surface area contributed by atoms with E-state index in [9.17, 15) is 19.2 Å². The lowest BCUT2D eigenvalue weighted by atomic mass is 10.2. The zero-order valence-electron chi connectivity index (χ0n) is 11.9. The highest BCUT2D eigenvalue weighted by Gasteiger charge is 2.28. The fraction of sp³-hybridized carbons (Fsp3) is 0.286. The Labute approximate surface area is 133 Å². The Balaban J connectivity index is 1.88. The zero-order valence-corrected chi connectivity index (χ0v) is 12.7. The van der Waals surface area contributed by atoms with Gasteiger partial charge in [-0.3, -0.25) is 19.0 Å². The number of aromatic amines is 1. The molecular formula is C14H13N3O5S. The summed E-state index contributed by atoms with van der Waals surface area (Å²) < 4.78 is 5.98. The average molecular weight is 335 g/mol. The molecular weight excluding hydrogens is 322 g/mol. The largest absolute Gasteiger partial charge is 0.467 e. The van der Waals surface area contributed by atoms with E-state index in [1.54, 1.807) is 12.1 Å². The van der Waals surface area contributed by atoms with Crippen LogP contribution in [0, 0.1) is 0 Å². The van der Waals surface area contributed by atoms with Gasteiger partial charge in [0.25, 0.3) is 11.5 Å². The molecule has 2 aromatic rings. The van der Waals surface area contributed by atoms with Gasteiger partial charge in [0.05, 0.1) is 18.8 Å². The number of furan rings is 1. The summed E-state index contributed by atoms with van der Waals surface area (Å²) in [6.45, 7) is -0.0828. The van der Waals surface area contributed by atoms with E-state index in [2.05, 4.69) is 10.3 Å². The number of H-pyrrole nitrogens is 1. The number of hydrogen-bond donors (Lipinski definition) is 2. The van der Waals surface area contributed by atoms with Crippen molar-refractivity contribution in [2.75, 3.05) is 5.75 Å². The first kappa shape index (κ1) is 15.3. The molecule has 0 saturated carbocycles. The Kier molecular flexibility index (Phi) is 4.20. The molecule has 23 heavy (non-hydrogen) atoms. The van der Waals surface area contributed by atoms with Crippen molar-refractivity contribution in [1.29, 1.82) is 0 Å². The molecule has 1 aliphatic rings. The number of rotatable bonds is 4. The number of amides is 1. The molecule has 3 rings (SSSR count). The van der Waals surface area contributed by atoms with Gasteiger partial charge in [-0.1, -0.05) is 11.8 Å². The van der Waals surface area contributed by atoms with Gasteiger partial charge in [-0.05, 0) is 18.6 Å². The average Bonchev–Trinajstić information content (AvgIpc) is 3.16. The molecule has 0 radical (unpaired) electrons. The minimum absolute atomic E-state index is 0.0828. The maximum atomic E-state index is 12.4. The fourth-order valence-electron chi connectivity index (χ4n) is 2.24. The van der Waals surface area contributed by atoms with E-state index < -0.39 is 23.2 Å². The van der Waals surface area contributed by atoms with E-state index >= 15 is 0 Å². The molecule has 9 heteroatoms.